The van der Waals surface area contributed by atoms with Crippen molar-refractivity contribution in [2.45, 2.75) is 0 Å². The monoisotopic (exact) mass is 302 g/mol. The summed E-state index contributed by atoms with van der Waals surface area (Å²) in [6.45, 7) is -0.156. The van der Waals surface area contributed by atoms with Crippen molar-refractivity contribution in [2.24, 2.45) is 0 Å². The summed E-state index contributed by atoms with van der Waals surface area (Å²) in [6.07, 6.45) is 0. The molecule has 0 saturated carbocycles. The third kappa shape index (κ3) is 1.47. The predicted molar refractivity (Wildman–Crippen MR) is 76.0 cm³/mol. The molecule has 0 fully saturated rings. The second-order valence-corrected chi connectivity index (χ2v) is 4.76. The SMILES string of the molecule is COc1ccc2oc3c(O)c(O)c4c(c3c(=O)c2c1)OCO4. The van der Waals surface area contributed by atoms with Crippen LogP contribution in [0.1, 0.15) is 0 Å². The first kappa shape index (κ1) is 12.6. The molecule has 7 heteroatoms. The molecule has 2 heterocycles. The molecule has 2 N–H and O–H groups in total. The summed E-state index contributed by atoms with van der Waals surface area (Å²) in [5, 5.41) is 20.3. The van der Waals surface area contributed by atoms with Crippen molar-refractivity contribution in [3.63, 3.8) is 0 Å². The van der Waals surface area contributed by atoms with Crippen LogP contribution in [-0.2, 0) is 0 Å². The van der Waals surface area contributed by atoms with Crippen molar-refractivity contribution in [1.82, 2.24) is 0 Å². The van der Waals surface area contributed by atoms with E-state index in [1.54, 1.807) is 12.1 Å². The average Bonchev–Trinajstić information content (AvgIpc) is 3.01. The summed E-state index contributed by atoms with van der Waals surface area (Å²) in [4.78, 5) is 12.7. The number of phenols is 2. The molecule has 1 aliphatic rings. The summed E-state index contributed by atoms with van der Waals surface area (Å²) >= 11 is 0. The molecule has 0 aliphatic carbocycles. The Balaban J connectivity index is 2.24. The molecule has 3 aromatic rings. The van der Waals surface area contributed by atoms with Gasteiger partial charge in [-0.15, -0.1) is 0 Å². The Morgan fingerprint density at radius 1 is 1.14 bits per heavy atom. The minimum atomic E-state index is -0.561. The van der Waals surface area contributed by atoms with Crippen LogP contribution in [-0.4, -0.2) is 24.1 Å². The van der Waals surface area contributed by atoms with Gasteiger partial charge in [-0.05, 0) is 18.2 Å². The molecule has 7 nitrogen and oxygen atoms in total. The molecule has 1 aliphatic heterocycles. The Hall–Kier alpha value is -3.09. The number of phenolic OH excluding ortho intramolecular Hbond substituents is 2. The van der Waals surface area contributed by atoms with Gasteiger partial charge in [0.2, 0.25) is 29.5 Å². The van der Waals surface area contributed by atoms with E-state index in [-0.39, 0.29) is 40.2 Å². The normalized spacial score (nSPS) is 13.0. The second-order valence-electron chi connectivity index (χ2n) is 4.76. The molecule has 1 aromatic heterocycles. The van der Waals surface area contributed by atoms with Crippen LogP contribution in [0.25, 0.3) is 21.9 Å². The highest BCUT2D eigenvalue weighted by Gasteiger charge is 2.29. The number of aromatic hydroxyl groups is 2. The molecule has 0 bridgehead atoms. The molecule has 0 radical (unpaired) electrons. The summed E-state index contributed by atoms with van der Waals surface area (Å²) in [7, 11) is 1.49. The number of fused-ring (bicyclic) bond motifs is 4. The second kappa shape index (κ2) is 4.20. The van der Waals surface area contributed by atoms with E-state index in [0.717, 1.165) is 0 Å². The summed E-state index contributed by atoms with van der Waals surface area (Å²) < 4.78 is 21.0. The highest BCUT2D eigenvalue weighted by Crippen LogP contribution is 2.51. The van der Waals surface area contributed by atoms with Crippen LogP contribution >= 0.6 is 0 Å². The minimum absolute atomic E-state index is 0.0172. The van der Waals surface area contributed by atoms with Crippen molar-refractivity contribution < 1.29 is 28.8 Å². The highest BCUT2D eigenvalue weighted by molar-refractivity contribution is 6.00. The number of methoxy groups -OCH3 is 1. The van der Waals surface area contributed by atoms with E-state index in [1.807, 2.05) is 0 Å². The van der Waals surface area contributed by atoms with Crippen LogP contribution in [0.3, 0.4) is 0 Å². The van der Waals surface area contributed by atoms with Crippen molar-refractivity contribution in [1.29, 1.82) is 0 Å². The minimum Gasteiger partial charge on any atom is -0.502 e. The number of ether oxygens (including phenoxy) is 3. The lowest BCUT2D eigenvalue weighted by atomic mass is 10.1. The molecule has 0 amide bonds. The number of benzene rings is 2. The van der Waals surface area contributed by atoms with Gasteiger partial charge >= 0.3 is 0 Å². The zero-order chi connectivity index (χ0) is 15.4. The first-order chi connectivity index (χ1) is 10.6. The van der Waals surface area contributed by atoms with Crippen LogP contribution in [0.15, 0.2) is 27.4 Å². The van der Waals surface area contributed by atoms with Gasteiger partial charge < -0.3 is 28.8 Å². The Bertz CT molecular complexity index is 987. The topological polar surface area (TPSA) is 98.4 Å². The van der Waals surface area contributed by atoms with Crippen LogP contribution in [0.4, 0.5) is 0 Å². The lowest BCUT2D eigenvalue weighted by Crippen LogP contribution is -2.04. The zero-order valence-electron chi connectivity index (χ0n) is 11.4. The van der Waals surface area contributed by atoms with Crippen molar-refractivity contribution in [2.75, 3.05) is 13.9 Å². The first-order valence-corrected chi connectivity index (χ1v) is 6.40. The van der Waals surface area contributed by atoms with Gasteiger partial charge in [-0.25, -0.2) is 0 Å². The maximum absolute atomic E-state index is 12.7. The number of hydrogen-bond donors (Lipinski definition) is 2. The molecule has 22 heavy (non-hydrogen) atoms. The van der Waals surface area contributed by atoms with E-state index in [9.17, 15) is 15.0 Å². The lowest BCUT2D eigenvalue weighted by molar-refractivity contribution is 0.172. The average molecular weight is 302 g/mol. The van der Waals surface area contributed by atoms with E-state index in [0.29, 0.717) is 5.75 Å². The van der Waals surface area contributed by atoms with E-state index < -0.39 is 16.9 Å². The van der Waals surface area contributed by atoms with Crippen molar-refractivity contribution >= 4 is 21.9 Å². The van der Waals surface area contributed by atoms with Crippen LogP contribution < -0.4 is 19.6 Å². The van der Waals surface area contributed by atoms with Crippen LogP contribution in [0.2, 0.25) is 0 Å². The molecule has 0 saturated heterocycles. The van der Waals surface area contributed by atoms with Gasteiger partial charge in [0.05, 0.1) is 12.5 Å². The smallest absolute Gasteiger partial charge is 0.231 e. The van der Waals surface area contributed by atoms with Gasteiger partial charge in [-0.3, -0.25) is 4.79 Å². The Morgan fingerprint density at radius 3 is 2.68 bits per heavy atom. The first-order valence-electron chi connectivity index (χ1n) is 6.40. The lowest BCUT2D eigenvalue weighted by Gasteiger charge is -2.08. The maximum Gasteiger partial charge on any atom is 0.231 e. The molecule has 4 rings (SSSR count). The van der Waals surface area contributed by atoms with Gasteiger partial charge in [-0.1, -0.05) is 0 Å². The van der Waals surface area contributed by atoms with E-state index in [2.05, 4.69) is 0 Å². The van der Waals surface area contributed by atoms with Gasteiger partial charge in [0.25, 0.3) is 0 Å². The van der Waals surface area contributed by atoms with E-state index >= 15 is 0 Å². The van der Waals surface area contributed by atoms with E-state index in [4.69, 9.17) is 18.6 Å². The standard InChI is InChI=1S/C15H10O7/c1-19-6-2-3-8-7(4-6)10(16)9-13(22-8)11(17)12(18)15-14(9)20-5-21-15/h2-4,17-18H,5H2,1H3. The summed E-state index contributed by atoms with van der Waals surface area (Å²) in [5.41, 5.74) is -0.302. The van der Waals surface area contributed by atoms with Crippen molar-refractivity contribution in [3.8, 4) is 28.7 Å². The molecule has 0 spiro atoms. The zero-order valence-corrected chi connectivity index (χ0v) is 11.4. The van der Waals surface area contributed by atoms with Gasteiger partial charge in [0.1, 0.15) is 16.7 Å². The fourth-order valence-corrected chi connectivity index (χ4v) is 2.53. The summed E-state index contributed by atoms with van der Waals surface area (Å²) in [6, 6.07) is 4.71. The van der Waals surface area contributed by atoms with Crippen molar-refractivity contribution in [3.05, 3.63) is 28.4 Å². The fraction of sp³-hybridized carbons (Fsp3) is 0.133. The Morgan fingerprint density at radius 2 is 1.91 bits per heavy atom. The quantitative estimate of drug-likeness (QED) is 0.524. The highest BCUT2D eigenvalue weighted by atomic mass is 16.7. The van der Waals surface area contributed by atoms with E-state index in [1.165, 1.54) is 13.2 Å². The number of rotatable bonds is 1. The van der Waals surface area contributed by atoms with Gasteiger partial charge in [-0.2, -0.15) is 0 Å². The third-order valence-corrected chi connectivity index (χ3v) is 3.59. The largest absolute Gasteiger partial charge is 0.502 e. The van der Waals surface area contributed by atoms with Gasteiger partial charge in [0.15, 0.2) is 11.3 Å². The van der Waals surface area contributed by atoms with Crippen LogP contribution in [0.5, 0.6) is 28.7 Å². The Kier molecular flexibility index (Phi) is 2.41. The predicted octanol–water partition coefficient (Wildman–Crippen LogP) is 2.09. The molecule has 0 atom stereocenters. The van der Waals surface area contributed by atoms with Crippen LogP contribution in [0, 0.1) is 0 Å². The van der Waals surface area contributed by atoms with Gasteiger partial charge in [0, 0.05) is 0 Å². The molecular formula is C15H10O7. The molecule has 0 unspecified atom stereocenters. The molecule has 112 valence electrons. The number of hydrogen-bond acceptors (Lipinski definition) is 7. The fourth-order valence-electron chi connectivity index (χ4n) is 2.53. The third-order valence-electron chi connectivity index (χ3n) is 3.59. The maximum atomic E-state index is 12.7. The molecular weight excluding hydrogens is 292 g/mol. The Labute approximate surface area is 122 Å². The summed E-state index contributed by atoms with van der Waals surface area (Å²) in [5.74, 6) is -0.593. The molecule has 2 aromatic carbocycles.